The van der Waals surface area contributed by atoms with Gasteiger partial charge in [0.25, 0.3) is 0 Å². The molecule has 1 fully saturated rings. The van der Waals surface area contributed by atoms with Crippen molar-refractivity contribution in [2.45, 2.75) is 18.9 Å². The van der Waals surface area contributed by atoms with Gasteiger partial charge in [0.05, 0.1) is 6.26 Å². The van der Waals surface area contributed by atoms with Crippen molar-refractivity contribution in [2.24, 2.45) is 0 Å². The van der Waals surface area contributed by atoms with Gasteiger partial charge >= 0.3 is 0 Å². The molecule has 1 aliphatic heterocycles. The van der Waals surface area contributed by atoms with Crippen molar-refractivity contribution in [3.05, 3.63) is 24.3 Å². The first kappa shape index (κ1) is 13.2. The highest BCUT2D eigenvalue weighted by Gasteiger charge is 2.14. The standard InChI is InChI=1S/C12H18N2O3S/c1-18(15,16)14-10-2-4-11(5-3-10)17-12-6-8-13-9-7-12/h2-5,12-14H,6-9H2,1H3. The average Bonchev–Trinajstić information content (AvgIpc) is 2.31. The number of sulfonamides is 1. The average molecular weight is 270 g/mol. The van der Waals surface area contributed by atoms with Crippen LogP contribution in [0.1, 0.15) is 12.8 Å². The molecule has 0 amide bonds. The monoisotopic (exact) mass is 270 g/mol. The number of hydrogen-bond donors (Lipinski definition) is 2. The molecule has 1 heterocycles. The molecule has 2 N–H and O–H groups in total. The van der Waals surface area contributed by atoms with Gasteiger partial charge in [-0.2, -0.15) is 0 Å². The SMILES string of the molecule is CS(=O)(=O)Nc1ccc(OC2CCNCC2)cc1. The highest BCUT2D eigenvalue weighted by atomic mass is 32.2. The maximum absolute atomic E-state index is 11.1. The molecule has 0 aromatic heterocycles. The molecule has 0 radical (unpaired) electrons. The van der Waals surface area contributed by atoms with Crippen molar-refractivity contribution >= 4 is 15.7 Å². The summed E-state index contributed by atoms with van der Waals surface area (Å²) in [5.74, 6) is 0.779. The number of benzene rings is 1. The summed E-state index contributed by atoms with van der Waals surface area (Å²) in [6, 6.07) is 6.99. The first-order valence-corrected chi connectivity index (χ1v) is 7.87. The van der Waals surface area contributed by atoms with Crippen molar-refractivity contribution in [1.29, 1.82) is 0 Å². The zero-order valence-electron chi connectivity index (χ0n) is 10.3. The third kappa shape index (κ3) is 4.19. The molecule has 0 bridgehead atoms. The highest BCUT2D eigenvalue weighted by molar-refractivity contribution is 7.92. The summed E-state index contributed by atoms with van der Waals surface area (Å²) in [5, 5.41) is 3.28. The Bertz CT molecular complexity index is 479. The van der Waals surface area contributed by atoms with Gasteiger partial charge in [-0.25, -0.2) is 8.42 Å². The Kier molecular flexibility index (Phi) is 4.08. The smallest absolute Gasteiger partial charge is 0.229 e. The normalized spacial score (nSPS) is 17.4. The van der Waals surface area contributed by atoms with Crippen LogP contribution in [0.3, 0.4) is 0 Å². The van der Waals surface area contributed by atoms with Crippen molar-refractivity contribution in [2.75, 3.05) is 24.1 Å². The van der Waals surface area contributed by atoms with Crippen molar-refractivity contribution < 1.29 is 13.2 Å². The third-order valence-corrected chi connectivity index (χ3v) is 3.35. The zero-order valence-corrected chi connectivity index (χ0v) is 11.2. The van der Waals surface area contributed by atoms with Crippen LogP contribution >= 0.6 is 0 Å². The molecule has 1 saturated heterocycles. The van der Waals surface area contributed by atoms with E-state index in [-0.39, 0.29) is 6.10 Å². The molecule has 5 nitrogen and oxygen atoms in total. The Hall–Kier alpha value is -1.27. The van der Waals surface area contributed by atoms with Crippen LogP contribution in [-0.2, 0) is 10.0 Å². The van der Waals surface area contributed by atoms with E-state index in [0.29, 0.717) is 5.69 Å². The lowest BCUT2D eigenvalue weighted by molar-refractivity contribution is 0.162. The molecule has 6 heteroatoms. The molecular weight excluding hydrogens is 252 g/mol. The van der Waals surface area contributed by atoms with Crippen LogP contribution in [0.2, 0.25) is 0 Å². The van der Waals surface area contributed by atoms with Gasteiger partial charge < -0.3 is 10.1 Å². The molecule has 18 heavy (non-hydrogen) atoms. The van der Waals surface area contributed by atoms with Gasteiger partial charge in [-0.15, -0.1) is 0 Å². The molecular formula is C12H18N2O3S. The number of rotatable bonds is 4. The van der Waals surface area contributed by atoms with Gasteiger partial charge in [-0.3, -0.25) is 4.72 Å². The van der Waals surface area contributed by atoms with E-state index < -0.39 is 10.0 Å². The molecule has 0 aliphatic carbocycles. The van der Waals surface area contributed by atoms with Crippen LogP contribution in [0.15, 0.2) is 24.3 Å². The van der Waals surface area contributed by atoms with Crippen LogP contribution in [0.25, 0.3) is 0 Å². The number of hydrogen-bond acceptors (Lipinski definition) is 4. The van der Waals surface area contributed by atoms with Crippen LogP contribution in [0.5, 0.6) is 5.75 Å². The predicted octanol–water partition coefficient (Wildman–Crippen LogP) is 1.19. The number of nitrogens with one attached hydrogen (secondary N) is 2. The largest absolute Gasteiger partial charge is 0.490 e. The van der Waals surface area contributed by atoms with E-state index in [4.69, 9.17) is 4.74 Å². The van der Waals surface area contributed by atoms with Gasteiger partial charge in [-0.1, -0.05) is 0 Å². The summed E-state index contributed by atoms with van der Waals surface area (Å²) in [6.07, 6.45) is 3.39. The molecule has 2 rings (SSSR count). The number of piperidine rings is 1. The molecule has 0 unspecified atom stereocenters. The lowest BCUT2D eigenvalue weighted by Crippen LogP contribution is -2.34. The molecule has 0 spiro atoms. The Labute approximate surface area is 108 Å². The lowest BCUT2D eigenvalue weighted by atomic mass is 10.1. The van der Waals surface area contributed by atoms with Gasteiger partial charge in [-0.05, 0) is 50.2 Å². The number of anilines is 1. The molecule has 1 aliphatic rings. The van der Waals surface area contributed by atoms with E-state index in [1.54, 1.807) is 24.3 Å². The Balaban J connectivity index is 1.94. The van der Waals surface area contributed by atoms with E-state index >= 15 is 0 Å². The molecule has 100 valence electrons. The predicted molar refractivity (Wildman–Crippen MR) is 71.4 cm³/mol. The minimum absolute atomic E-state index is 0.250. The van der Waals surface area contributed by atoms with Gasteiger partial charge in [0.15, 0.2) is 0 Å². The van der Waals surface area contributed by atoms with Crippen molar-refractivity contribution in [3.63, 3.8) is 0 Å². The topological polar surface area (TPSA) is 67.4 Å². The maximum atomic E-state index is 11.1. The van der Waals surface area contributed by atoms with Crippen molar-refractivity contribution in [1.82, 2.24) is 5.32 Å². The van der Waals surface area contributed by atoms with Gasteiger partial charge in [0, 0.05) is 5.69 Å². The Morgan fingerprint density at radius 3 is 2.39 bits per heavy atom. The summed E-state index contributed by atoms with van der Waals surface area (Å²) in [5.41, 5.74) is 0.551. The lowest BCUT2D eigenvalue weighted by Gasteiger charge is -2.23. The second kappa shape index (κ2) is 5.58. The second-order valence-electron chi connectivity index (χ2n) is 4.47. The van der Waals surface area contributed by atoms with E-state index in [1.165, 1.54) is 0 Å². The fourth-order valence-electron chi connectivity index (χ4n) is 1.92. The second-order valence-corrected chi connectivity index (χ2v) is 6.21. The van der Waals surface area contributed by atoms with E-state index in [2.05, 4.69) is 10.0 Å². The summed E-state index contributed by atoms with van der Waals surface area (Å²) >= 11 is 0. The molecule has 1 aromatic rings. The van der Waals surface area contributed by atoms with E-state index in [0.717, 1.165) is 37.9 Å². The summed E-state index contributed by atoms with van der Waals surface area (Å²) < 4.78 is 30.3. The van der Waals surface area contributed by atoms with E-state index in [1.807, 2.05) is 0 Å². The Morgan fingerprint density at radius 1 is 1.22 bits per heavy atom. The summed E-state index contributed by atoms with van der Waals surface area (Å²) in [7, 11) is -3.22. The maximum Gasteiger partial charge on any atom is 0.229 e. The number of ether oxygens (including phenoxy) is 1. The van der Waals surface area contributed by atoms with Gasteiger partial charge in [0.2, 0.25) is 10.0 Å². The first-order valence-electron chi connectivity index (χ1n) is 5.98. The van der Waals surface area contributed by atoms with Crippen LogP contribution in [-0.4, -0.2) is 33.9 Å². The zero-order chi connectivity index (χ0) is 13.0. The quantitative estimate of drug-likeness (QED) is 0.862. The van der Waals surface area contributed by atoms with Gasteiger partial charge in [0.1, 0.15) is 11.9 Å². The van der Waals surface area contributed by atoms with E-state index in [9.17, 15) is 8.42 Å². The minimum Gasteiger partial charge on any atom is -0.490 e. The fraction of sp³-hybridized carbons (Fsp3) is 0.500. The first-order chi connectivity index (χ1) is 8.53. The van der Waals surface area contributed by atoms with Crippen LogP contribution < -0.4 is 14.8 Å². The summed E-state index contributed by atoms with van der Waals surface area (Å²) in [4.78, 5) is 0. The van der Waals surface area contributed by atoms with Crippen LogP contribution in [0, 0.1) is 0 Å². The highest BCUT2D eigenvalue weighted by Crippen LogP contribution is 2.19. The van der Waals surface area contributed by atoms with Crippen molar-refractivity contribution in [3.8, 4) is 5.75 Å². The van der Waals surface area contributed by atoms with Crippen LogP contribution in [0.4, 0.5) is 5.69 Å². The third-order valence-electron chi connectivity index (χ3n) is 2.75. The molecule has 0 saturated carbocycles. The minimum atomic E-state index is -3.22. The fourth-order valence-corrected chi connectivity index (χ4v) is 2.49. The Morgan fingerprint density at radius 2 is 1.83 bits per heavy atom. The summed E-state index contributed by atoms with van der Waals surface area (Å²) in [6.45, 7) is 1.97. The molecule has 0 atom stereocenters. The molecule has 1 aromatic carbocycles.